The first-order chi connectivity index (χ1) is 11.7. The minimum Gasteiger partial charge on any atom is -0.493 e. The van der Waals surface area contributed by atoms with E-state index in [1.54, 1.807) is 26.0 Å². The third kappa shape index (κ3) is 5.94. The highest BCUT2D eigenvalue weighted by molar-refractivity contribution is 7.99. The summed E-state index contributed by atoms with van der Waals surface area (Å²) in [5.74, 6) is 2.40. The molecule has 6 heteroatoms. The normalized spacial score (nSPS) is 10.1. The lowest BCUT2D eigenvalue weighted by molar-refractivity contribution is 0.354. The van der Waals surface area contributed by atoms with Crippen LogP contribution in [-0.4, -0.2) is 31.6 Å². The first-order valence-electron chi connectivity index (χ1n) is 7.63. The van der Waals surface area contributed by atoms with Crippen LogP contribution in [0, 0.1) is 0 Å². The van der Waals surface area contributed by atoms with Crippen molar-refractivity contribution in [1.82, 2.24) is 10.6 Å². The Morgan fingerprint density at radius 2 is 1.75 bits per heavy atom. The zero-order valence-corrected chi connectivity index (χ0v) is 15.5. The summed E-state index contributed by atoms with van der Waals surface area (Å²) < 4.78 is 10.5. The molecule has 0 saturated carbocycles. The number of thioether (sulfide) groups is 1. The van der Waals surface area contributed by atoms with Gasteiger partial charge >= 0.3 is 0 Å². The minimum absolute atomic E-state index is 0.637. The molecular formula is C18H22N2O2S2. The molecule has 128 valence electrons. The van der Waals surface area contributed by atoms with E-state index in [4.69, 9.17) is 21.7 Å². The van der Waals surface area contributed by atoms with Crippen LogP contribution in [0.4, 0.5) is 0 Å². The smallest absolute Gasteiger partial charge is 0.166 e. The van der Waals surface area contributed by atoms with Crippen molar-refractivity contribution in [3.63, 3.8) is 0 Å². The van der Waals surface area contributed by atoms with Crippen LogP contribution in [0.3, 0.4) is 0 Å². The molecule has 0 fully saturated rings. The summed E-state index contributed by atoms with van der Waals surface area (Å²) in [7, 11) is 3.26. The molecule has 4 nitrogen and oxygen atoms in total. The van der Waals surface area contributed by atoms with Crippen LogP contribution in [0.15, 0.2) is 53.4 Å². The number of methoxy groups -OCH3 is 2. The molecule has 24 heavy (non-hydrogen) atoms. The lowest BCUT2D eigenvalue weighted by Crippen LogP contribution is -2.35. The molecule has 2 aromatic rings. The van der Waals surface area contributed by atoms with Crippen molar-refractivity contribution in [3.05, 3.63) is 54.1 Å². The van der Waals surface area contributed by atoms with E-state index in [1.165, 1.54) is 4.90 Å². The molecule has 2 rings (SSSR count). The average molecular weight is 363 g/mol. The first kappa shape index (κ1) is 18.4. The molecule has 0 aromatic heterocycles. The SMILES string of the molecule is COc1ccc(CNC(=S)NCCSc2ccccc2)cc1OC. The van der Waals surface area contributed by atoms with Gasteiger partial charge in [-0.3, -0.25) is 0 Å². The number of rotatable bonds is 8. The fourth-order valence-corrected chi connectivity index (χ4v) is 3.05. The monoisotopic (exact) mass is 362 g/mol. The second-order valence-corrected chi connectivity index (χ2v) is 6.54. The Bertz CT molecular complexity index is 651. The van der Waals surface area contributed by atoms with Gasteiger partial charge in [-0.1, -0.05) is 24.3 Å². The lowest BCUT2D eigenvalue weighted by Gasteiger charge is -2.12. The Morgan fingerprint density at radius 1 is 1.00 bits per heavy atom. The Hall–Kier alpha value is -1.92. The van der Waals surface area contributed by atoms with Gasteiger partial charge in [0.25, 0.3) is 0 Å². The topological polar surface area (TPSA) is 42.5 Å². The standard InChI is InChI=1S/C18H22N2O2S2/c1-21-16-9-8-14(12-17(16)22-2)13-20-18(23)19-10-11-24-15-6-4-3-5-7-15/h3-9,12H,10-11,13H2,1-2H3,(H2,19,20,23). The predicted molar refractivity (Wildman–Crippen MR) is 104 cm³/mol. The predicted octanol–water partition coefficient (Wildman–Crippen LogP) is 3.46. The average Bonchev–Trinajstić information content (AvgIpc) is 2.64. The van der Waals surface area contributed by atoms with E-state index in [1.807, 2.05) is 36.4 Å². The van der Waals surface area contributed by atoms with Gasteiger partial charge in [-0.25, -0.2) is 0 Å². The highest BCUT2D eigenvalue weighted by Gasteiger charge is 2.05. The maximum absolute atomic E-state index is 5.31. The van der Waals surface area contributed by atoms with Gasteiger partial charge in [0.1, 0.15) is 0 Å². The summed E-state index contributed by atoms with van der Waals surface area (Å²) in [4.78, 5) is 1.27. The largest absolute Gasteiger partial charge is 0.493 e. The van der Waals surface area contributed by atoms with E-state index in [0.717, 1.165) is 29.4 Å². The Balaban J connectivity index is 1.69. The second kappa shape index (κ2) is 10.1. The summed E-state index contributed by atoms with van der Waals surface area (Å²) in [5, 5.41) is 7.07. The summed E-state index contributed by atoms with van der Waals surface area (Å²) in [5.41, 5.74) is 1.08. The molecule has 0 radical (unpaired) electrons. The molecule has 0 bridgehead atoms. The molecule has 0 atom stereocenters. The van der Waals surface area contributed by atoms with Crippen LogP contribution in [0.25, 0.3) is 0 Å². The highest BCUT2D eigenvalue weighted by atomic mass is 32.2. The van der Waals surface area contributed by atoms with Crippen LogP contribution in [0.5, 0.6) is 11.5 Å². The Kier molecular flexibility index (Phi) is 7.71. The Labute approximate surface area is 152 Å². The summed E-state index contributed by atoms with van der Waals surface area (Å²) in [6.07, 6.45) is 0. The van der Waals surface area contributed by atoms with Crippen LogP contribution >= 0.6 is 24.0 Å². The van der Waals surface area contributed by atoms with Crippen molar-refractivity contribution in [2.45, 2.75) is 11.4 Å². The van der Waals surface area contributed by atoms with E-state index in [0.29, 0.717) is 11.7 Å². The molecule has 0 unspecified atom stereocenters. The number of ether oxygens (including phenoxy) is 2. The highest BCUT2D eigenvalue weighted by Crippen LogP contribution is 2.27. The van der Waals surface area contributed by atoms with E-state index < -0.39 is 0 Å². The molecule has 0 aliphatic carbocycles. The molecule has 0 aliphatic heterocycles. The molecule has 0 amide bonds. The summed E-state index contributed by atoms with van der Waals surface area (Å²) in [6.45, 7) is 1.45. The van der Waals surface area contributed by atoms with E-state index in [2.05, 4.69) is 22.8 Å². The second-order valence-electron chi connectivity index (χ2n) is 4.96. The van der Waals surface area contributed by atoms with Gasteiger partial charge in [-0.05, 0) is 42.0 Å². The summed E-state index contributed by atoms with van der Waals surface area (Å²) >= 11 is 7.11. The third-order valence-corrected chi connectivity index (χ3v) is 4.60. The first-order valence-corrected chi connectivity index (χ1v) is 9.02. The van der Waals surface area contributed by atoms with Gasteiger partial charge in [0.2, 0.25) is 0 Å². The minimum atomic E-state index is 0.637. The lowest BCUT2D eigenvalue weighted by atomic mass is 10.2. The number of thiocarbonyl (C=S) groups is 1. The van der Waals surface area contributed by atoms with Crippen LogP contribution in [0.1, 0.15) is 5.56 Å². The third-order valence-electron chi connectivity index (χ3n) is 3.30. The van der Waals surface area contributed by atoms with Crippen LogP contribution in [0.2, 0.25) is 0 Å². The van der Waals surface area contributed by atoms with Crippen molar-refractivity contribution in [2.24, 2.45) is 0 Å². The molecule has 2 aromatic carbocycles. The van der Waals surface area contributed by atoms with Gasteiger partial charge in [0, 0.05) is 23.7 Å². The zero-order valence-electron chi connectivity index (χ0n) is 13.9. The molecule has 0 aliphatic rings. The summed E-state index contributed by atoms with van der Waals surface area (Å²) in [6, 6.07) is 16.2. The van der Waals surface area contributed by atoms with Gasteiger partial charge in [-0.2, -0.15) is 0 Å². The van der Waals surface area contributed by atoms with Gasteiger partial charge in [0.15, 0.2) is 16.6 Å². The van der Waals surface area contributed by atoms with Crippen molar-refractivity contribution in [3.8, 4) is 11.5 Å². The van der Waals surface area contributed by atoms with Crippen molar-refractivity contribution < 1.29 is 9.47 Å². The van der Waals surface area contributed by atoms with E-state index in [9.17, 15) is 0 Å². The van der Waals surface area contributed by atoms with E-state index in [-0.39, 0.29) is 0 Å². The van der Waals surface area contributed by atoms with Crippen LogP contribution < -0.4 is 20.1 Å². The number of hydrogen-bond donors (Lipinski definition) is 2. The van der Waals surface area contributed by atoms with Crippen molar-refractivity contribution in [1.29, 1.82) is 0 Å². The van der Waals surface area contributed by atoms with Crippen molar-refractivity contribution in [2.75, 3.05) is 26.5 Å². The molecule has 0 saturated heterocycles. The van der Waals surface area contributed by atoms with Crippen LogP contribution in [-0.2, 0) is 6.54 Å². The molecule has 0 spiro atoms. The number of hydrogen-bond acceptors (Lipinski definition) is 4. The van der Waals surface area contributed by atoms with E-state index >= 15 is 0 Å². The Morgan fingerprint density at radius 3 is 2.46 bits per heavy atom. The number of benzene rings is 2. The number of nitrogens with one attached hydrogen (secondary N) is 2. The van der Waals surface area contributed by atoms with Crippen molar-refractivity contribution >= 4 is 29.1 Å². The molecule has 0 heterocycles. The molecular weight excluding hydrogens is 340 g/mol. The maximum atomic E-state index is 5.31. The molecule has 2 N–H and O–H groups in total. The van der Waals surface area contributed by atoms with Gasteiger partial charge in [0.05, 0.1) is 14.2 Å². The fraction of sp³-hybridized carbons (Fsp3) is 0.278. The fourth-order valence-electron chi connectivity index (χ4n) is 2.09. The zero-order chi connectivity index (χ0) is 17.2. The van der Waals surface area contributed by atoms with Gasteiger partial charge < -0.3 is 20.1 Å². The van der Waals surface area contributed by atoms with Gasteiger partial charge in [-0.15, -0.1) is 11.8 Å². The maximum Gasteiger partial charge on any atom is 0.166 e. The quantitative estimate of drug-likeness (QED) is 0.426.